The zero-order chi connectivity index (χ0) is 18.2. The van der Waals surface area contributed by atoms with Gasteiger partial charge in [0.05, 0.1) is 25.5 Å². The second kappa shape index (κ2) is 9.38. The van der Waals surface area contributed by atoms with Crippen molar-refractivity contribution in [2.75, 3.05) is 13.2 Å². The average Bonchev–Trinajstić information content (AvgIpc) is 3.27. The van der Waals surface area contributed by atoms with Crippen LogP contribution in [0.4, 0.5) is 0 Å². The third kappa shape index (κ3) is 5.88. The molecule has 0 radical (unpaired) electrons. The maximum atomic E-state index is 10.4. The van der Waals surface area contributed by atoms with Crippen LogP contribution >= 0.6 is 0 Å². The zero-order valence-electron chi connectivity index (χ0n) is 15.0. The molecule has 5 nitrogen and oxygen atoms in total. The fourth-order valence-corrected chi connectivity index (χ4v) is 2.86. The molecule has 0 spiro atoms. The number of hydrogen-bond donors (Lipinski definition) is 1. The molecule has 0 amide bonds. The highest BCUT2D eigenvalue weighted by Gasteiger charge is 2.15. The summed E-state index contributed by atoms with van der Waals surface area (Å²) in [5.74, 6) is 2.54. The molecule has 5 heteroatoms. The second-order valence-corrected chi connectivity index (χ2v) is 6.42. The summed E-state index contributed by atoms with van der Waals surface area (Å²) >= 11 is 0. The van der Waals surface area contributed by atoms with E-state index in [0.29, 0.717) is 19.7 Å². The molecule has 3 aromatic rings. The highest BCUT2D eigenvalue weighted by molar-refractivity contribution is 5.15. The van der Waals surface area contributed by atoms with Crippen molar-refractivity contribution in [2.24, 2.45) is 0 Å². The molecule has 1 N–H and O–H groups in total. The van der Waals surface area contributed by atoms with Gasteiger partial charge in [-0.2, -0.15) is 0 Å². The predicted octanol–water partition coefficient (Wildman–Crippen LogP) is 3.76. The fourth-order valence-electron chi connectivity index (χ4n) is 2.86. The molecule has 26 heavy (non-hydrogen) atoms. The van der Waals surface area contributed by atoms with E-state index in [0.717, 1.165) is 23.8 Å². The van der Waals surface area contributed by atoms with Crippen molar-refractivity contribution in [2.45, 2.75) is 32.7 Å². The molecular formula is C21H25NO4. The first-order valence-electron chi connectivity index (χ1n) is 8.79. The first kappa shape index (κ1) is 18.5. The third-order valence-electron chi connectivity index (χ3n) is 4.03. The van der Waals surface area contributed by atoms with Gasteiger partial charge in [0.15, 0.2) is 0 Å². The molecule has 1 atom stereocenters. The highest BCUT2D eigenvalue weighted by atomic mass is 16.5. The van der Waals surface area contributed by atoms with Crippen LogP contribution < -0.4 is 0 Å². The van der Waals surface area contributed by atoms with Gasteiger partial charge in [0.25, 0.3) is 0 Å². The van der Waals surface area contributed by atoms with Crippen molar-refractivity contribution in [1.82, 2.24) is 4.90 Å². The topological polar surface area (TPSA) is 59.0 Å². The highest BCUT2D eigenvalue weighted by Crippen LogP contribution is 2.13. The molecule has 0 unspecified atom stereocenters. The molecular weight excluding hydrogens is 330 g/mol. The molecule has 0 fully saturated rings. The van der Waals surface area contributed by atoms with E-state index in [1.54, 1.807) is 6.26 Å². The van der Waals surface area contributed by atoms with Crippen LogP contribution in [-0.4, -0.2) is 29.3 Å². The van der Waals surface area contributed by atoms with E-state index in [1.165, 1.54) is 5.56 Å². The van der Waals surface area contributed by atoms with Crippen molar-refractivity contribution in [3.8, 4) is 0 Å². The Morgan fingerprint density at radius 1 is 1.00 bits per heavy atom. The van der Waals surface area contributed by atoms with Gasteiger partial charge in [-0.25, -0.2) is 0 Å². The van der Waals surface area contributed by atoms with Gasteiger partial charge in [-0.05, 0) is 36.8 Å². The molecule has 0 aliphatic carbocycles. The predicted molar refractivity (Wildman–Crippen MR) is 98.4 cm³/mol. The number of nitrogens with zero attached hydrogens (tertiary/aromatic N) is 1. The zero-order valence-corrected chi connectivity index (χ0v) is 15.0. The average molecular weight is 355 g/mol. The van der Waals surface area contributed by atoms with Crippen LogP contribution in [0.1, 0.15) is 22.8 Å². The molecule has 2 aromatic heterocycles. The number of aliphatic hydroxyl groups is 1. The van der Waals surface area contributed by atoms with Gasteiger partial charge in [-0.15, -0.1) is 0 Å². The summed E-state index contributed by atoms with van der Waals surface area (Å²) < 4.78 is 16.5. The lowest BCUT2D eigenvalue weighted by Crippen LogP contribution is -2.34. The number of aryl methyl sites for hydroxylation is 1. The standard InChI is InChI=1S/C21H25NO4/c1-17-9-10-20(26-17)14-22(12-18-6-3-2-4-7-18)13-19(23)15-24-16-21-8-5-11-25-21/h2-11,19,23H,12-16H2,1H3/t19-/m1/s1. The minimum atomic E-state index is -0.593. The van der Waals surface area contributed by atoms with Gasteiger partial charge in [0.1, 0.15) is 23.9 Å². The van der Waals surface area contributed by atoms with E-state index in [9.17, 15) is 5.11 Å². The first-order valence-corrected chi connectivity index (χ1v) is 8.79. The minimum absolute atomic E-state index is 0.253. The number of benzene rings is 1. The molecule has 0 saturated heterocycles. The molecule has 0 aliphatic heterocycles. The van der Waals surface area contributed by atoms with Crippen molar-refractivity contribution >= 4 is 0 Å². The summed E-state index contributed by atoms with van der Waals surface area (Å²) in [6.07, 6.45) is 1.02. The lowest BCUT2D eigenvalue weighted by molar-refractivity contribution is 0.00160. The molecule has 2 heterocycles. The normalized spacial score (nSPS) is 12.6. The fraction of sp³-hybridized carbons (Fsp3) is 0.333. The van der Waals surface area contributed by atoms with Crippen LogP contribution in [0.5, 0.6) is 0 Å². The second-order valence-electron chi connectivity index (χ2n) is 6.42. The van der Waals surface area contributed by atoms with Crippen LogP contribution in [0.2, 0.25) is 0 Å². The van der Waals surface area contributed by atoms with Crippen LogP contribution in [0.25, 0.3) is 0 Å². The van der Waals surface area contributed by atoms with Gasteiger partial charge in [0.2, 0.25) is 0 Å². The maximum Gasteiger partial charge on any atom is 0.129 e. The van der Waals surface area contributed by atoms with Crippen molar-refractivity contribution in [3.63, 3.8) is 0 Å². The summed E-state index contributed by atoms with van der Waals surface area (Å²) in [5.41, 5.74) is 1.19. The van der Waals surface area contributed by atoms with Gasteiger partial charge in [-0.1, -0.05) is 30.3 Å². The number of rotatable bonds is 10. The molecule has 1 aromatic carbocycles. The smallest absolute Gasteiger partial charge is 0.129 e. The van der Waals surface area contributed by atoms with Crippen molar-refractivity contribution in [3.05, 3.63) is 83.7 Å². The van der Waals surface area contributed by atoms with E-state index < -0.39 is 6.10 Å². The molecule has 0 saturated carbocycles. The quantitative estimate of drug-likeness (QED) is 0.600. The van der Waals surface area contributed by atoms with E-state index in [1.807, 2.05) is 49.4 Å². The Balaban J connectivity index is 1.54. The molecule has 3 rings (SSSR count). The SMILES string of the molecule is Cc1ccc(CN(Cc2ccccc2)C[C@@H](O)COCc2ccco2)o1. The summed E-state index contributed by atoms with van der Waals surface area (Å²) in [7, 11) is 0. The molecule has 0 bridgehead atoms. The van der Waals surface area contributed by atoms with E-state index in [-0.39, 0.29) is 6.61 Å². The molecule has 0 aliphatic rings. The summed E-state index contributed by atoms with van der Waals surface area (Å²) in [6, 6.07) is 17.8. The van der Waals surface area contributed by atoms with E-state index in [2.05, 4.69) is 17.0 Å². The minimum Gasteiger partial charge on any atom is -0.467 e. The number of ether oxygens (including phenoxy) is 1. The number of aliphatic hydroxyl groups excluding tert-OH is 1. The Morgan fingerprint density at radius 2 is 1.85 bits per heavy atom. The Bertz CT molecular complexity index is 751. The number of furan rings is 2. The van der Waals surface area contributed by atoms with Gasteiger partial charge in [0, 0.05) is 13.1 Å². The lowest BCUT2D eigenvalue weighted by Gasteiger charge is -2.24. The van der Waals surface area contributed by atoms with Crippen LogP contribution in [0.15, 0.2) is 69.7 Å². The van der Waals surface area contributed by atoms with E-state index >= 15 is 0 Å². The van der Waals surface area contributed by atoms with Crippen LogP contribution in [0.3, 0.4) is 0 Å². The van der Waals surface area contributed by atoms with E-state index in [4.69, 9.17) is 13.6 Å². The maximum absolute atomic E-state index is 10.4. The summed E-state index contributed by atoms with van der Waals surface area (Å²) in [4.78, 5) is 2.16. The Hall–Kier alpha value is -2.34. The largest absolute Gasteiger partial charge is 0.467 e. The Labute approximate surface area is 153 Å². The van der Waals surface area contributed by atoms with Crippen LogP contribution in [0, 0.1) is 6.92 Å². The third-order valence-corrected chi connectivity index (χ3v) is 4.03. The van der Waals surface area contributed by atoms with Crippen molar-refractivity contribution < 1.29 is 18.7 Å². The lowest BCUT2D eigenvalue weighted by atomic mass is 10.2. The Morgan fingerprint density at radius 3 is 2.54 bits per heavy atom. The Kier molecular flexibility index (Phi) is 6.66. The van der Waals surface area contributed by atoms with Gasteiger partial charge in [-0.3, -0.25) is 4.90 Å². The first-order chi connectivity index (χ1) is 12.7. The van der Waals surface area contributed by atoms with Gasteiger partial charge < -0.3 is 18.7 Å². The summed E-state index contributed by atoms with van der Waals surface area (Å²) in [5, 5.41) is 10.4. The van der Waals surface area contributed by atoms with Gasteiger partial charge >= 0.3 is 0 Å². The van der Waals surface area contributed by atoms with Crippen molar-refractivity contribution in [1.29, 1.82) is 0 Å². The summed E-state index contributed by atoms with van der Waals surface area (Å²) in [6.45, 7) is 4.41. The number of hydrogen-bond acceptors (Lipinski definition) is 5. The monoisotopic (exact) mass is 355 g/mol. The van der Waals surface area contributed by atoms with Crippen LogP contribution in [-0.2, 0) is 24.4 Å². The molecule has 138 valence electrons.